The molecule has 0 aliphatic carbocycles. The summed E-state index contributed by atoms with van der Waals surface area (Å²) in [6.07, 6.45) is 0. The third-order valence-electron chi connectivity index (χ3n) is 2.52. The summed E-state index contributed by atoms with van der Waals surface area (Å²) in [7, 11) is 0. The molecule has 0 bridgehead atoms. The van der Waals surface area contributed by atoms with Crippen molar-refractivity contribution in [2.75, 3.05) is 0 Å². The van der Waals surface area contributed by atoms with E-state index in [0.717, 1.165) is 40.0 Å². The molecule has 2 aromatic carbocycles. The van der Waals surface area contributed by atoms with Crippen LogP contribution in [0.25, 0.3) is 22.1 Å². The predicted molar refractivity (Wildman–Crippen MR) is 87.8 cm³/mol. The van der Waals surface area contributed by atoms with Gasteiger partial charge in [0.15, 0.2) is 0 Å². The summed E-state index contributed by atoms with van der Waals surface area (Å²) in [5, 5.41) is 0. The Labute approximate surface area is 137 Å². The summed E-state index contributed by atoms with van der Waals surface area (Å²) in [6, 6.07) is 7.84. The van der Waals surface area contributed by atoms with Crippen LogP contribution in [0.2, 0.25) is 0 Å². The second-order valence-corrected chi connectivity index (χ2v) is 7.15. The molecule has 1 aromatic heterocycles. The van der Waals surface area contributed by atoms with E-state index < -0.39 is 0 Å². The Kier molecular flexibility index (Phi) is 3.47. The Hall–Kier alpha value is -0.0400. The molecule has 0 aliphatic heterocycles. The van der Waals surface area contributed by atoms with E-state index in [9.17, 15) is 0 Å². The summed E-state index contributed by atoms with van der Waals surface area (Å²) < 4.78 is 3.89. The molecule has 2 nitrogen and oxygen atoms in total. The number of hydrogen-bond donors (Lipinski definition) is 0. The van der Waals surface area contributed by atoms with Gasteiger partial charge in [0.2, 0.25) is 0 Å². The summed E-state index contributed by atoms with van der Waals surface area (Å²) >= 11 is 13.9. The molecule has 0 N–H and O–H groups in total. The van der Waals surface area contributed by atoms with E-state index in [-0.39, 0.29) is 0 Å². The van der Waals surface area contributed by atoms with E-state index in [1.54, 1.807) is 0 Å². The van der Waals surface area contributed by atoms with E-state index in [1.807, 2.05) is 24.3 Å². The molecule has 3 rings (SSSR count). The lowest BCUT2D eigenvalue weighted by Crippen LogP contribution is -1.88. The summed E-state index contributed by atoms with van der Waals surface area (Å²) in [6.45, 7) is 0. The van der Waals surface area contributed by atoms with Crippen molar-refractivity contribution in [2.45, 2.75) is 0 Å². The van der Waals surface area contributed by atoms with Gasteiger partial charge in [-0.05, 0) is 88.0 Å². The highest BCUT2D eigenvalue weighted by Crippen LogP contribution is 2.31. The first-order valence-electron chi connectivity index (χ1n) is 4.96. The fourth-order valence-corrected chi connectivity index (χ4v) is 2.99. The maximum absolute atomic E-state index is 4.62. The minimum Gasteiger partial charge on any atom is -0.244 e. The van der Waals surface area contributed by atoms with Crippen LogP contribution in [0.15, 0.2) is 42.2 Å². The summed E-state index contributed by atoms with van der Waals surface area (Å²) in [4.78, 5) is 9.23. The van der Waals surface area contributed by atoms with Gasteiger partial charge < -0.3 is 0 Å². The highest BCUT2D eigenvalue weighted by molar-refractivity contribution is 9.13. The zero-order valence-corrected chi connectivity index (χ0v) is 15.1. The standard InChI is InChI=1S/C12H4Br4N2/c13-5-1-9-10(2-6(5)14)18-12-4-8(16)7(15)3-11(12)17-9/h1-4H. The van der Waals surface area contributed by atoms with Crippen molar-refractivity contribution >= 4 is 85.8 Å². The average molecular weight is 496 g/mol. The Balaban J connectivity index is 2.43. The number of fused-ring (bicyclic) bond motifs is 2. The van der Waals surface area contributed by atoms with E-state index >= 15 is 0 Å². The minimum atomic E-state index is 0.867. The van der Waals surface area contributed by atoms with Crippen LogP contribution in [0.3, 0.4) is 0 Å². The zero-order valence-electron chi connectivity index (χ0n) is 8.72. The number of halogens is 4. The number of nitrogens with zero attached hydrogens (tertiary/aromatic N) is 2. The van der Waals surface area contributed by atoms with Gasteiger partial charge in [0.05, 0.1) is 22.1 Å². The Morgan fingerprint density at radius 3 is 0.944 bits per heavy atom. The lowest BCUT2D eigenvalue weighted by Gasteiger charge is -2.04. The van der Waals surface area contributed by atoms with Gasteiger partial charge in [-0.15, -0.1) is 0 Å². The van der Waals surface area contributed by atoms with Crippen molar-refractivity contribution in [3.8, 4) is 0 Å². The third kappa shape index (κ3) is 2.24. The molecular weight excluding hydrogens is 492 g/mol. The Morgan fingerprint density at radius 2 is 0.722 bits per heavy atom. The van der Waals surface area contributed by atoms with E-state index in [4.69, 9.17) is 0 Å². The SMILES string of the molecule is Brc1cc2nc3cc(Br)c(Br)cc3nc2cc1Br. The second-order valence-electron chi connectivity index (χ2n) is 3.73. The molecule has 0 saturated heterocycles. The van der Waals surface area contributed by atoms with Crippen LogP contribution in [-0.4, -0.2) is 9.97 Å². The molecule has 0 spiro atoms. The van der Waals surface area contributed by atoms with Crippen molar-refractivity contribution < 1.29 is 0 Å². The maximum atomic E-state index is 4.62. The first-order chi connectivity index (χ1) is 8.54. The fourth-order valence-electron chi connectivity index (χ4n) is 1.67. The molecule has 0 amide bonds. The van der Waals surface area contributed by atoms with Crippen LogP contribution in [0.1, 0.15) is 0 Å². The zero-order chi connectivity index (χ0) is 12.9. The molecule has 1 heterocycles. The lowest BCUT2D eigenvalue weighted by atomic mass is 10.2. The first kappa shape index (κ1) is 13.0. The Bertz CT molecular complexity index is 657. The van der Waals surface area contributed by atoms with Gasteiger partial charge in [0.1, 0.15) is 0 Å². The van der Waals surface area contributed by atoms with Gasteiger partial charge in [-0.1, -0.05) is 0 Å². The van der Waals surface area contributed by atoms with E-state index in [2.05, 4.69) is 73.7 Å². The van der Waals surface area contributed by atoms with Gasteiger partial charge in [-0.3, -0.25) is 0 Å². The smallest absolute Gasteiger partial charge is 0.0906 e. The largest absolute Gasteiger partial charge is 0.244 e. The average Bonchev–Trinajstić information content (AvgIpc) is 2.31. The molecule has 0 aliphatic rings. The summed E-state index contributed by atoms with van der Waals surface area (Å²) in [5.74, 6) is 0. The van der Waals surface area contributed by atoms with E-state index in [1.165, 1.54) is 0 Å². The molecule has 18 heavy (non-hydrogen) atoms. The van der Waals surface area contributed by atoms with Crippen LogP contribution in [0, 0.1) is 0 Å². The lowest BCUT2D eigenvalue weighted by molar-refractivity contribution is 1.37. The van der Waals surface area contributed by atoms with Crippen LogP contribution in [0.5, 0.6) is 0 Å². The quantitative estimate of drug-likeness (QED) is 0.367. The predicted octanol–water partition coefficient (Wildman–Crippen LogP) is 5.83. The van der Waals surface area contributed by atoms with E-state index in [0.29, 0.717) is 0 Å². The second kappa shape index (κ2) is 4.81. The molecule has 0 unspecified atom stereocenters. The van der Waals surface area contributed by atoms with Crippen molar-refractivity contribution in [3.05, 3.63) is 42.2 Å². The van der Waals surface area contributed by atoms with Crippen LogP contribution in [0.4, 0.5) is 0 Å². The van der Waals surface area contributed by atoms with Gasteiger partial charge >= 0.3 is 0 Å². The molecule has 90 valence electrons. The molecule has 0 fully saturated rings. The molecule has 0 atom stereocenters. The van der Waals surface area contributed by atoms with Crippen molar-refractivity contribution in [1.82, 2.24) is 9.97 Å². The fraction of sp³-hybridized carbons (Fsp3) is 0. The highest BCUT2D eigenvalue weighted by Gasteiger charge is 2.07. The number of hydrogen-bond acceptors (Lipinski definition) is 2. The first-order valence-corrected chi connectivity index (χ1v) is 8.13. The van der Waals surface area contributed by atoms with Crippen LogP contribution >= 0.6 is 63.7 Å². The summed E-state index contributed by atoms with van der Waals surface area (Å²) in [5.41, 5.74) is 3.47. The van der Waals surface area contributed by atoms with Crippen molar-refractivity contribution in [3.63, 3.8) is 0 Å². The maximum Gasteiger partial charge on any atom is 0.0906 e. The topological polar surface area (TPSA) is 25.8 Å². The molecule has 0 radical (unpaired) electrons. The molecule has 6 heteroatoms. The van der Waals surface area contributed by atoms with Crippen LogP contribution < -0.4 is 0 Å². The molecular formula is C12H4Br4N2. The van der Waals surface area contributed by atoms with Gasteiger partial charge in [0, 0.05) is 17.9 Å². The number of benzene rings is 2. The minimum absolute atomic E-state index is 0.867. The van der Waals surface area contributed by atoms with Crippen LogP contribution in [-0.2, 0) is 0 Å². The monoisotopic (exact) mass is 492 g/mol. The number of aromatic nitrogens is 2. The normalized spacial score (nSPS) is 11.3. The van der Waals surface area contributed by atoms with Gasteiger partial charge in [0.25, 0.3) is 0 Å². The number of rotatable bonds is 0. The van der Waals surface area contributed by atoms with Crippen molar-refractivity contribution in [1.29, 1.82) is 0 Å². The molecule has 0 saturated carbocycles. The molecule has 3 aromatic rings. The highest BCUT2D eigenvalue weighted by atomic mass is 79.9. The Morgan fingerprint density at radius 1 is 0.500 bits per heavy atom. The van der Waals surface area contributed by atoms with Crippen molar-refractivity contribution in [2.24, 2.45) is 0 Å². The third-order valence-corrected chi connectivity index (χ3v) is 6.21. The van der Waals surface area contributed by atoms with Gasteiger partial charge in [-0.2, -0.15) is 0 Å². The van der Waals surface area contributed by atoms with Gasteiger partial charge in [-0.25, -0.2) is 9.97 Å².